The van der Waals surface area contributed by atoms with Gasteiger partial charge in [-0.2, -0.15) is 0 Å². The van der Waals surface area contributed by atoms with Gasteiger partial charge in [0.05, 0.1) is 12.7 Å². The van der Waals surface area contributed by atoms with Crippen molar-refractivity contribution in [3.05, 3.63) is 0 Å². The SMILES string of the molecule is CCCOC1CCCN(CC2(CN)CCOC2)C1. The number of piperidine rings is 1. The van der Waals surface area contributed by atoms with Crippen LogP contribution in [0.5, 0.6) is 0 Å². The highest BCUT2D eigenvalue weighted by Gasteiger charge is 2.36. The minimum Gasteiger partial charge on any atom is -0.381 e. The van der Waals surface area contributed by atoms with E-state index in [1.807, 2.05) is 0 Å². The lowest BCUT2D eigenvalue weighted by Gasteiger charge is -2.38. The van der Waals surface area contributed by atoms with Crippen LogP contribution in [0.4, 0.5) is 0 Å². The molecular weight excluding hydrogens is 228 g/mol. The van der Waals surface area contributed by atoms with Gasteiger partial charge in [0.15, 0.2) is 0 Å². The number of rotatable bonds is 6. The molecule has 2 aliphatic rings. The minimum absolute atomic E-state index is 0.201. The maximum absolute atomic E-state index is 5.96. The number of hydrogen-bond donors (Lipinski definition) is 1. The van der Waals surface area contributed by atoms with Gasteiger partial charge in [-0.25, -0.2) is 0 Å². The maximum Gasteiger partial charge on any atom is 0.0702 e. The molecule has 4 nitrogen and oxygen atoms in total. The predicted octanol–water partition coefficient (Wildman–Crippen LogP) is 1.24. The van der Waals surface area contributed by atoms with Crippen LogP contribution in [0.25, 0.3) is 0 Å². The van der Waals surface area contributed by atoms with Crippen molar-refractivity contribution in [2.45, 2.75) is 38.7 Å². The van der Waals surface area contributed by atoms with Crippen LogP contribution in [-0.4, -0.2) is 57.0 Å². The van der Waals surface area contributed by atoms with E-state index in [0.29, 0.717) is 6.10 Å². The lowest BCUT2D eigenvalue weighted by Crippen LogP contribution is -2.48. The van der Waals surface area contributed by atoms with Gasteiger partial charge in [-0.05, 0) is 32.2 Å². The molecule has 18 heavy (non-hydrogen) atoms. The van der Waals surface area contributed by atoms with Crippen LogP contribution in [0.1, 0.15) is 32.6 Å². The van der Waals surface area contributed by atoms with Crippen molar-refractivity contribution in [1.82, 2.24) is 4.90 Å². The Morgan fingerprint density at radius 1 is 1.50 bits per heavy atom. The van der Waals surface area contributed by atoms with Crippen molar-refractivity contribution in [1.29, 1.82) is 0 Å². The van der Waals surface area contributed by atoms with Crippen LogP contribution >= 0.6 is 0 Å². The van der Waals surface area contributed by atoms with E-state index in [-0.39, 0.29) is 5.41 Å². The highest BCUT2D eigenvalue weighted by Crippen LogP contribution is 2.29. The molecule has 2 N–H and O–H groups in total. The fourth-order valence-electron chi connectivity index (χ4n) is 3.05. The molecular formula is C14H28N2O2. The second-order valence-corrected chi connectivity index (χ2v) is 5.88. The molecule has 2 saturated heterocycles. The molecule has 0 aliphatic carbocycles. The van der Waals surface area contributed by atoms with E-state index >= 15 is 0 Å². The molecule has 0 spiro atoms. The van der Waals surface area contributed by atoms with Gasteiger partial charge in [-0.1, -0.05) is 6.92 Å². The maximum atomic E-state index is 5.96. The third-order valence-corrected chi connectivity index (χ3v) is 4.20. The Morgan fingerprint density at radius 2 is 2.39 bits per heavy atom. The fourth-order valence-corrected chi connectivity index (χ4v) is 3.05. The van der Waals surface area contributed by atoms with Gasteiger partial charge >= 0.3 is 0 Å². The van der Waals surface area contributed by atoms with E-state index in [1.165, 1.54) is 19.4 Å². The molecule has 0 aromatic heterocycles. The summed E-state index contributed by atoms with van der Waals surface area (Å²) in [7, 11) is 0. The van der Waals surface area contributed by atoms with E-state index in [2.05, 4.69) is 11.8 Å². The molecule has 2 unspecified atom stereocenters. The number of likely N-dealkylation sites (tertiary alicyclic amines) is 1. The molecule has 2 rings (SSSR count). The van der Waals surface area contributed by atoms with Gasteiger partial charge in [0.1, 0.15) is 0 Å². The second kappa shape index (κ2) is 6.85. The van der Waals surface area contributed by atoms with Gasteiger partial charge in [-0.3, -0.25) is 0 Å². The lowest BCUT2D eigenvalue weighted by atomic mass is 9.86. The van der Waals surface area contributed by atoms with Crippen molar-refractivity contribution in [3.63, 3.8) is 0 Å². The Hall–Kier alpha value is -0.160. The number of nitrogens with zero attached hydrogens (tertiary/aromatic N) is 1. The first-order valence-corrected chi connectivity index (χ1v) is 7.40. The van der Waals surface area contributed by atoms with Crippen molar-refractivity contribution in [2.75, 3.05) is 46.0 Å². The van der Waals surface area contributed by atoms with Gasteiger partial charge in [0, 0.05) is 38.3 Å². The molecule has 0 bridgehead atoms. The van der Waals surface area contributed by atoms with Crippen LogP contribution in [0, 0.1) is 5.41 Å². The Bertz CT molecular complexity index is 242. The van der Waals surface area contributed by atoms with Crippen molar-refractivity contribution in [2.24, 2.45) is 11.1 Å². The number of hydrogen-bond acceptors (Lipinski definition) is 4. The molecule has 0 saturated carbocycles. The highest BCUT2D eigenvalue weighted by molar-refractivity contribution is 4.89. The van der Waals surface area contributed by atoms with Crippen LogP contribution in [0.15, 0.2) is 0 Å². The summed E-state index contributed by atoms with van der Waals surface area (Å²) in [5.74, 6) is 0. The molecule has 2 fully saturated rings. The van der Waals surface area contributed by atoms with Crippen LogP contribution in [0.3, 0.4) is 0 Å². The zero-order valence-corrected chi connectivity index (χ0v) is 11.7. The molecule has 2 heterocycles. The Labute approximate surface area is 111 Å². The van der Waals surface area contributed by atoms with Crippen LogP contribution in [-0.2, 0) is 9.47 Å². The first kappa shape index (κ1) is 14.3. The molecule has 106 valence electrons. The second-order valence-electron chi connectivity index (χ2n) is 5.88. The minimum atomic E-state index is 0.201. The molecule has 4 heteroatoms. The van der Waals surface area contributed by atoms with Gasteiger partial charge < -0.3 is 20.1 Å². The third kappa shape index (κ3) is 3.67. The normalized spacial score (nSPS) is 34.0. The number of nitrogens with two attached hydrogens (primary N) is 1. The summed E-state index contributed by atoms with van der Waals surface area (Å²) < 4.78 is 11.4. The fraction of sp³-hybridized carbons (Fsp3) is 1.00. The largest absolute Gasteiger partial charge is 0.381 e. The first-order valence-electron chi connectivity index (χ1n) is 7.40. The van der Waals surface area contributed by atoms with Crippen molar-refractivity contribution in [3.8, 4) is 0 Å². The lowest BCUT2D eigenvalue weighted by molar-refractivity contribution is -0.0121. The summed E-state index contributed by atoms with van der Waals surface area (Å²) in [6.07, 6.45) is 5.10. The highest BCUT2D eigenvalue weighted by atomic mass is 16.5. The zero-order chi connectivity index (χ0) is 12.8. The average molecular weight is 256 g/mol. The quantitative estimate of drug-likeness (QED) is 0.777. The van der Waals surface area contributed by atoms with Gasteiger partial charge in [0.2, 0.25) is 0 Å². The first-order chi connectivity index (χ1) is 8.78. The summed E-state index contributed by atoms with van der Waals surface area (Å²) in [4.78, 5) is 2.53. The molecule has 0 amide bonds. The Morgan fingerprint density at radius 3 is 3.06 bits per heavy atom. The molecule has 0 aromatic carbocycles. The monoisotopic (exact) mass is 256 g/mol. The van der Waals surface area contributed by atoms with E-state index in [4.69, 9.17) is 15.2 Å². The average Bonchev–Trinajstić information content (AvgIpc) is 2.86. The standard InChI is InChI=1S/C14H28N2O2/c1-2-7-18-13-4-3-6-16(9-13)11-14(10-15)5-8-17-12-14/h13H,2-12,15H2,1H3. The third-order valence-electron chi connectivity index (χ3n) is 4.20. The Balaban J connectivity index is 1.81. The summed E-state index contributed by atoms with van der Waals surface area (Å²) in [6, 6.07) is 0. The molecule has 0 radical (unpaired) electrons. The Kier molecular flexibility index (Phi) is 5.42. The molecule has 2 aliphatic heterocycles. The summed E-state index contributed by atoms with van der Waals surface area (Å²) in [6.45, 7) is 8.85. The van der Waals surface area contributed by atoms with E-state index < -0.39 is 0 Å². The van der Waals surface area contributed by atoms with Crippen molar-refractivity contribution < 1.29 is 9.47 Å². The zero-order valence-electron chi connectivity index (χ0n) is 11.7. The summed E-state index contributed by atoms with van der Waals surface area (Å²) >= 11 is 0. The van der Waals surface area contributed by atoms with Crippen LogP contribution < -0.4 is 5.73 Å². The van der Waals surface area contributed by atoms with E-state index in [9.17, 15) is 0 Å². The number of ether oxygens (including phenoxy) is 2. The van der Waals surface area contributed by atoms with Gasteiger partial charge in [-0.15, -0.1) is 0 Å². The predicted molar refractivity (Wildman–Crippen MR) is 72.6 cm³/mol. The van der Waals surface area contributed by atoms with Gasteiger partial charge in [0.25, 0.3) is 0 Å². The molecule has 2 atom stereocenters. The topological polar surface area (TPSA) is 47.7 Å². The van der Waals surface area contributed by atoms with E-state index in [0.717, 1.165) is 52.3 Å². The van der Waals surface area contributed by atoms with Crippen molar-refractivity contribution >= 4 is 0 Å². The summed E-state index contributed by atoms with van der Waals surface area (Å²) in [5, 5.41) is 0. The summed E-state index contributed by atoms with van der Waals surface area (Å²) in [5.41, 5.74) is 6.16. The molecule has 0 aromatic rings. The van der Waals surface area contributed by atoms with E-state index in [1.54, 1.807) is 0 Å². The smallest absolute Gasteiger partial charge is 0.0702 e. The van der Waals surface area contributed by atoms with Crippen LogP contribution in [0.2, 0.25) is 0 Å².